The Morgan fingerprint density at radius 1 is 1.50 bits per heavy atom. The highest BCUT2D eigenvalue weighted by atomic mass is 19.1. The first-order valence-electron chi connectivity index (χ1n) is 4.91. The number of halogens is 1. The summed E-state index contributed by atoms with van der Waals surface area (Å²) >= 11 is 0. The van der Waals surface area contributed by atoms with E-state index in [4.69, 9.17) is 5.73 Å². The van der Waals surface area contributed by atoms with E-state index < -0.39 is 0 Å². The molecule has 3 aliphatic carbocycles. The first-order chi connectivity index (χ1) is 5.59. The Morgan fingerprint density at radius 3 is 2.67 bits per heavy atom. The molecule has 3 rings (SSSR count). The van der Waals surface area contributed by atoms with E-state index in [1.165, 1.54) is 6.42 Å². The molecule has 1 nitrogen and oxygen atoms in total. The lowest BCUT2D eigenvalue weighted by molar-refractivity contribution is -0.132. The van der Waals surface area contributed by atoms with E-state index in [-0.39, 0.29) is 12.1 Å². The molecule has 3 fully saturated rings. The van der Waals surface area contributed by atoms with Gasteiger partial charge < -0.3 is 5.73 Å². The van der Waals surface area contributed by atoms with Crippen LogP contribution in [0, 0.1) is 23.2 Å². The molecular weight excluding hydrogens is 153 g/mol. The summed E-state index contributed by atoms with van der Waals surface area (Å²) in [6.45, 7) is 4.12. The Balaban J connectivity index is 2.16. The summed E-state index contributed by atoms with van der Waals surface area (Å²) in [5.74, 6) is 1.64. The summed E-state index contributed by atoms with van der Waals surface area (Å²) < 4.78 is 12.8. The quantitative estimate of drug-likeness (QED) is 0.641. The molecule has 3 aliphatic rings. The molecule has 2 N–H and O–H groups in total. The highest BCUT2D eigenvalue weighted by Gasteiger charge is 2.58. The normalized spacial score (nSPS) is 58.0. The first-order valence-corrected chi connectivity index (χ1v) is 4.91. The second-order valence-electron chi connectivity index (χ2n) is 4.94. The van der Waals surface area contributed by atoms with Crippen LogP contribution in [0.4, 0.5) is 4.39 Å². The molecule has 5 atom stereocenters. The second-order valence-corrected chi connectivity index (χ2v) is 4.94. The Morgan fingerprint density at radius 2 is 2.17 bits per heavy atom. The molecule has 0 amide bonds. The smallest absolute Gasteiger partial charge is 0.0953 e. The van der Waals surface area contributed by atoms with Crippen molar-refractivity contribution in [3.05, 3.63) is 0 Å². The van der Waals surface area contributed by atoms with Crippen LogP contribution >= 0.6 is 0 Å². The van der Waals surface area contributed by atoms with Gasteiger partial charge in [-0.1, -0.05) is 13.8 Å². The lowest BCUT2D eigenvalue weighted by Gasteiger charge is -2.61. The number of hydrogen-bond acceptors (Lipinski definition) is 1. The van der Waals surface area contributed by atoms with E-state index in [9.17, 15) is 4.39 Å². The van der Waals surface area contributed by atoms with Crippen molar-refractivity contribution in [1.29, 1.82) is 0 Å². The molecule has 5 unspecified atom stereocenters. The van der Waals surface area contributed by atoms with E-state index in [2.05, 4.69) is 13.8 Å². The Kier molecular flexibility index (Phi) is 1.73. The maximum absolute atomic E-state index is 12.8. The largest absolute Gasteiger partial charge is 0.327 e. The van der Waals surface area contributed by atoms with Crippen molar-refractivity contribution in [2.75, 3.05) is 6.67 Å². The predicted molar refractivity (Wildman–Crippen MR) is 47.4 cm³/mol. The van der Waals surface area contributed by atoms with Gasteiger partial charge in [-0.15, -0.1) is 0 Å². The highest BCUT2D eigenvalue weighted by Crippen LogP contribution is 2.61. The third kappa shape index (κ3) is 0.819. The predicted octanol–water partition coefficient (Wildman–Crippen LogP) is 1.97. The molecule has 70 valence electrons. The van der Waals surface area contributed by atoms with Crippen LogP contribution in [0.15, 0.2) is 0 Å². The van der Waals surface area contributed by atoms with Crippen LogP contribution in [0.5, 0.6) is 0 Å². The minimum atomic E-state index is -0.153. The maximum atomic E-state index is 12.8. The van der Waals surface area contributed by atoms with Crippen molar-refractivity contribution in [2.24, 2.45) is 28.9 Å². The van der Waals surface area contributed by atoms with E-state index in [0.29, 0.717) is 23.8 Å². The molecule has 0 saturated heterocycles. The van der Waals surface area contributed by atoms with Crippen LogP contribution in [0.3, 0.4) is 0 Å². The van der Waals surface area contributed by atoms with Crippen LogP contribution < -0.4 is 5.73 Å². The Hall–Kier alpha value is -0.110. The molecule has 0 aromatic heterocycles. The van der Waals surface area contributed by atoms with Gasteiger partial charge in [0.15, 0.2) is 0 Å². The van der Waals surface area contributed by atoms with Gasteiger partial charge in [0.05, 0.1) is 6.67 Å². The first kappa shape index (κ1) is 8.49. The zero-order chi connectivity index (χ0) is 8.93. The van der Waals surface area contributed by atoms with E-state index in [1.807, 2.05) is 0 Å². The maximum Gasteiger partial charge on any atom is 0.0953 e. The van der Waals surface area contributed by atoms with Crippen LogP contribution in [-0.2, 0) is 0 Å². The van der Waals surface area contributed by atoms with Crippen LogP contribution in [0.2, 0.25) is 0 Å². The third-order valence-electron chi connectivity index (χ3n) is 4.47. The lowest BCUT2D eigenvalue weighted by atomic mass is 9.44. The van der Waals surface area contributed by atoms with Crippen molar-refractivity contribution in [2.45, 2.75) is 32.7 Å². The molecule has 0 aromatic rings. The molecule has 0 radical (unpaired) electrons. The average Bonchev–Trinajstić information content (AvgIpc) is 2.07. The van der Waals surface area contributed by atoms with Crippen LogP contribution in [0.1, 0.15) is 26.7 Å². The van der Waals surface area contributed by atoms with Gasteiger partial charge in [-0.05, 0) is 30.6 Å². The van der Waals surface area contributed by atoms with Gasteiger partial charge in [-0.3, -0.25) is 4.39 Å². The van der Waals surface area contributed by atoms with Gasteiger partial charge in [0.25, 0.3) is 0 Å². The van der Waals surface area contributed by atoms with Crippen molar-refractivity contribution < 1.29 is 4.39 Å². The number of hydrogen-bond donors (Lipinski definition) is 1. The molecule has 0 aromatic carbocycles. The van der Waals surface area contributed by atoms with Gasteiger partial charge in [0.2, 0.25) is 0 Å². The zero-order valence-electron chi connectivity index (χ0n) is 7.89. The van der Waals surface area contributed by atoms with Crippen molar-refractivity contribution in [3.8, 4) is 0 Å². The van der Waals surface area contributed by atoms with Crippen molar-refractivity contribution >= 4 is 0 Å². The van der Waals surface area contributed by atoms with E-state index in [0.717, 1.165) is 6.42 Å². The molecule has 2 heteroatoms. The SMILES string of the molecule is CC1C(N)CC2CC1C2(C)CF. The average molecular weight is 171 g/mol. The molecule has 0 aliphatic heterocycles. The Bertz CT molecular complexity index is 194. The summed E-state index contributed by atoms with van der Waals surface area (Å²) in [6.07, 6.45) is 2.26. The Labute approximate surface area is 73.5 Å². The fourth-order valence-electron chi connectivity index (χ4n) is 3.22. The van der Waals surface area contributed by atoms with Gasteiger partial charge in [0.1, 0.15) is 0 Å². The van der Waals surface area contributed by atoms with E-state index >= 15 is 0 Å². The molecule has 2 bridgehead atoms. The van der Waals surface area contributed by atoms with Gasteiger partial charge in [0, 0.05) is 11.5 Å². The lowest BCUT2D eigenvalue weighted by Crippen LogP contribution is -2.61. The number of alkyl halides is 1. The van der Waals surface area contributed by atoms with Crippen LogP contribution in [-0.4, -0.2) is 12.7 Å². The summed E-state index contributed by atoms with van der Waals surface area (Å²) in [5.41, 5.74) is 5.93. The minimum absolute atomic E-state index is 0.0186. The van der Waals surface area contributed by atoms with Gasteiger partial charge >= 0.3 is 0 Å². The number of fused-ring (bicyclic) bond motifs is 2. The fourth-order valence-corrected chi connectivity index (χ4v) is 3.22. The second kappa shape index (κ2) is 2.44. The molecule has 12 heavy (non-hydrogen) atoms. The molecule has 3 saturated carbocycles. The number of rotatable bonds is 1. The fraction of sp³-hybridized carbons (Fsp3) is 1.00. The van der Waals surface area contributed by atoms with Gasteiger partial charge in [-0.2, -0.15) is 0 Å². The summed E-state index contributed by atoms with van der Waals surface area (Å²) in [7, 11) is 0. The molecular formula is C10H18FN. The molecule has 0 heterocycles. The third-order valence-corrected chi connectivity index (χ3v) is 4.47. The highest BCUT2D eigenvalue weighted by molar-refractivity contribution is 5.08. The monoisotopic (exact) mass is 171 g/mol. The van der Waals surface area contributed by atoms with Crippen LogP contribution in [0.25, 0.3) is 0 Å². The van der Waals surface area contributed by atoms with Crippen molar-refractivity contribution in [1.82, 2.24) is 0 Å². The zero-order valence-corrected chi connectivity index (χ0v) is 7.89. The summed E-state index contributed by atoms with van der Waals surface area (Å²) in [6, 6.07) is 0.327. The van der Waals surface area contributed by atoms with Crippen molar-refractivity contribution in [3.63, 3.8) is 0 Å². The summed E-state index contributed by atoms with van der Waals surface area (Å²) in [4.78, 5) is 0. The topological polar surface area (TPSA) is 26.0 Å². The summed E-state index contributed by atoms with van der Waals surface area (Å²) in [5, 5.41) is 0. The van der Waals surface area contributed by atoms with Gasteiger partial charge in [-0.25, -0.2) is 0 Å². The van der Waals surface area contributed by atoms with E-state index in [1.54, 1.807) is 0 Å². The number of nitrogens with two attached hydrogens (primary N) is 1. The minimum Gasteiger partial charge on any atom is -0.327 e. The standard InChI is InChI=1S/C10H18FN/c1-6-8-3-7(4-9(6)12)10(8,2)5-11/h6-9H,3-5,12H2,1-2H3. The molecule has 0 spiro atoms.